The quantitative estimate of drug-likeness (QED) is 0.709. The molecule has 1 fully saturated rings. The number of likely N-dealkylation sites (N-methyl/N-ethyl adjacent to an activating group) is 1. The van der Waals surface area contributed by atoms with Crippen molar-refractivity contribution in [2.75, 3.05) is 13.6 Å². The lowest BCUT2D eigenvalue weighted by Gasteiger charge is -2.19. The fourth-order valence-electron chi connectivity index (χ4n) is 2.44. The molecule has 0 spiro atoms. The molecule has 2 aromatic rings. The molecule has 1 aliphatic heterocycles. The van der Waals surface area contributed by atoms with Gasteiger partial charge in [-0.15, -0.1) is 0 Å². The normalized spacial score (nSPS) is 16.9. The highest BCUT2D eigenvalue weighted by molar-refractivity contribution is 7.89. The minimum Gasteiger partial charge on any atom is -0.457 e. The van der Waals surface area contributed by atoms with E-state index in [-0.39, 0.29) is 11.4 Å². The van der Waals surface area contributed by atoms with Crippen molar-refractivity contribution in [3.8, 4) is 11.5 Å². The second kappa shape index (κ2) is 7.55. The van der Waals surface area contributed by atoms with E-state index in [0.717, 1.165) is 4.31 Å². The van der Waals surface area contributed by atoms with Crippen LogP contribution >= 0.6 is 11.6 Å². The van der Waals surface area contributed by atoms with Gasteiger partial charge in [0.05, 0.1) is 4.90 Å². The van der Waals surface area contributed by atoms with E-state index in [4.69, 9.17) is 16.3 Å². The van der Waals surface area contributed by atoms with Crippen LogP contribution in [0.3, 0.4) is 0 Å². The molecule has 1 saturated heterocycles. The van der Waals surface area contributed by atoms with E-state index in [0.29, 0.717) is 16.5 Å². The zero-order valence-corrected chi connectivity index (χ0v) is 15.8. The van der Waals surface area contributed by atoms with Gasteiger partial charge in [0.25, 0.3) is 5.91 Å². The number of imide groups is 1. The number of carbonyl (C=O) groups excluding carboxylic acids is 2. The molecule has 1 aliphatic rings. The maximum atomic E-state index is 12.6. The topological polar surface area (TPSA) is 105 Å². The average molecular weight is 410 g/mol. The summed E-state index contributed by atoms with van der Waals surface area (Å²) in [5.41, 5.74) is 0. The molecular formula is C17H16ClN3O5S. The Bertz CT molecular complexity index is 961. The number of benzene rings is 2. The Morgan fingerprint density at radius 1 is 1.04 bits per heavy atom. The van der Waals surface area contributed by atoms with Crippen molar-refractivity contribution in [3.63, 3.8) is 0 Å². The van der Waals surface area contributed by atoms with Gasteiger partial charge >= 0.3 is 6.03 Å². The first-order chi connectivity index (χ1) is 12.8. The standard InChI is InChI=1S/C17H16ClN3O5S/c1-21(10-15-16(22)20-17(23)19-15)27(24,25)14-8-6-13(7-9-14)26-12-4-2-11(18)3-5-12/h2-9,15H,10H2,1H3,(H2,19,20,22,23)/t15-/m0/s1. The smallest absolute Gasteiger partial charge is 0.322 e. The van der Waals surface area contributed by atoms with Gasteiger partial charge in [-0.25, -0.2) is 13.2 Å². The van der Waals surface area contributed by atoms with Crippen molar-refractivity contribution < 1.29 is 22.7 Å². The van der Waals surface area contributed by atoms with Gasteiger partial charge in [-0.3, -0.25) is 10.1 Å². The maximum absolute atomic E-state index is 12.6. The number of hydrogen-bond donors (Lipinski definition) is 2. The minimum absolute atomic E-state index is 0.0400. The Morgan fingerprint density at radius 2 is 1.59 bits per heavy atom. The molecule has 0 unspecified atom stereocenters. The van der Waals surface area contributed by atoms with Crippen molar-refractivity contribution in [1.82, 2.24) is 14.9 Å². The summed E-state index contributed by atoms with van der Waals surface area (Å²) >= 11 is 5.82. The van der Waals surface area contributed by atoms with Crippen LogP contribution in [0.4, 0.5) is 4.79 Å². The lowest BCUT2D eigenvalue weighted by Crippen LogP contribution is -2.42. The van der Waals surface area contributed by atoms with E-state index in [2.05, 4.69) is 10.6 Å². The Balaban J connectivity index is 1.70. The zero-order chi connectivity index (χ0) is 19.6. The van der Waals surface area contributed by atoms with Crippen LogP contribution in [0.5, 0.6) is 11.5 Å². The van der Waals surface area contributed by atoms with Crippen molar-refractivity contribution >= 4 is 33.6 Å². The lowest BCUT2D eigenvalue weighted by molar-refractivity contribution is -0.120. The third kappa shape index (κ3) is 4.38. The Hall–Kier alpha value is -2.62. The predicted molar refractivity (Wildman–Crippen MR) is 98.2 cm³/mol. The average Bonchev–Trinajstić information content (AvgIpc) is 2.94. The minimum atomic E-state index is -3.83. The van der Waals surface area contributed by atoms with E-state index < -0.39 is 28.0 Å². The number of nitrogens with zero attached hydrogens (tertiary/aromatic N) is 1. The molecule has 27 heavy (non-hydrogen) atoms. The number of carbonyl (C=O) groups is 2. The van der Waals surface area contributed by atoms with E-state index in [9.17, 15) is 18.0 Å². The van der Waals surface area contributed by atoms with Crippen LogP contribution in [0.25, 0.3) is 0 Å². The van der Waals surface area contributed by atoms with Crippen LogP contribution in [-0.2, 0) is 14.8 Å². The molecule has 1 atom stereocenters. The molecule has 0 aromatic heterocycles. The second-order valence-electron chi connectivity index (χ2n) is 5.83. The summed E-state index contributed by atoms with van der Waals surface area (Å²) in [6.45, 7) is -0.178. The molecule has 2 N–H and O–H groups in total. The molecule has 0 saturated carbocycles. The number of sulfonamides is 1. The van der Waals surface area contributed by atoms with Crippen LogP contribution < -0.4 is 15.4 Å². The first-order valence-electron chi connectivity index (χ1n) is 7.87. The molecule has 10 heteroatoms. The summed E-state index contributed by atoms with van der Waals surface area (Å²) in [7, 11) is -2.50. The number of halogens is 1. The van der Waals surface area contributed by atoms with Gasteiger partial charge in [0, 0.05) is 18.6 Å². The van der Waals surface area contributed by atoms with Crippen LogP contribution in [0.1, 0.15) is 0 Å². The molecule has 0 bridgehead atoms. The third-order valence-electron chi connectivity index (χ3n) is 3.88. The molecule has 1 heterocycles. The summed E-state index contributed by atoms with van der Waals surface area (Å²) in [6, 6.07) is 11.1. The van der Waals surface area contributed by atoms with Crippen LogP contribution in [0, 0.1) is 0 Å². The number of ether oxygens (including phenoxy) is 1. The van der Waals surface area contributed by atoms with Crippen molar-refractivity contribution in [3.05, 3.63) is 53.6 Å². The molecule has 3 rings (SSSR count). The van der Waals surface area contributed by atoms with Gasteiger partial charge in [-0.1, -0.05) is 11.6 Å². The van der Waals surface area contributed by atoms with E-state index in [1.165, 1.54) is 31.3 Å². The molecule has 3 amide bonds. The number of amides is 3. The van der Waals surface area contributed by atoms with Crippen LogP contribution in [-0.4, -0.2) is 44.3 Å². The highest BCUT2D eigenvalue weighted by atomic mass is 35.5. The van der Waals surface area contributed by atoms with E-state index in [1.54, 1.807) is 24.3 Å². The maximum Gasteiger partial charge on any atom is 0.322 e. The third-order valence-corrected chi connectivity index (χ3v) is 5.97. The Kier molecular flexibility index (Phi) is 5.36. The van der Waals surface area contributed by atoms with Gasteiger partial charge in [0.15, 0.2) is 0 Å². The fourth-order valence-corrected chi connectivity index (χ4v) is 3.75. The Labute approximate surface area is 161 Å². The number of urea groups is 1. The largest absolute Gasteiger partial charge is 0.457 e. The summed E-state index contributed by atoms with van der Waals surface area (Å²) in [6.07, 6.45) is 0. The monoisotopic (exact) mass is 409 g/mol. The molecule has 0 aliphatic carbocycles. The number of hydrogen-bond acceptors (Lipinski definition) is 5. The van der Waals surface area contributed by atoms with Crippen LogP contribution in [0.2, 0.25) is 5.02 Å². The molecule has 142 valence electrons. The van der Waals surface area contributed by atoms with E-state index >= 15 is 0 Å². The lowest BCUT2D eigenvalue weighted by atomic mass is 10.3. The molecule has 8 nitrogen and oxygen atoms in total. The molecular weight excluding hydrogens is 394 g/mol. The van der Waals surface area contributed by atoms with Gasteiger partial charge in [-0.2, -0.15) is 4.31 Å². The summed E-state index contributed by atoms with van der Waals surface area (Å²) in [5.74, 6) is 0.463. The number of rotatable bonds is 6. The van der Waals surface area contributed by atoms with Gasteiger partial charge < -0.3 is 10.1 Å². The van der Waals surface area contributed by atoms with E-state index in [1.807, 2.05) is 0 Å². The molecule has 0 radical (unpaired) electrons. The first-order valence-corrected chi connectivity index (χ1v) is 9.69. The van der Waals surface area contributed by atoms with Gasteiger partial charge in [-0.05, 0) is 48.5 Å². The second-order valence-corrected chi connectivity index (χ2v) is 8.31. The predicted octanol–water partition coefficient (Wildman–Crippen LogP) is 1.96. The SMILES string of the molecule is CN(C[C@@H]1NC(=O)NC1=O)S(=O)(=O)c1ccc(Oc2ccc(Cl)cc2)cc1. The summed E-state index contributed by atoms with van der Waals surface area (Å²) in [4.78, 5) is 22.8. The number of nitrogens with one attached hydrogen (secondary N) is 2. The Morgan fingerprint density at radius 3 is 2.11 bits per heavy atom. The van der Waals surface area contributed by atoms with Gasteiger partial charge in [0.2, 0.25) is 10.0 Å². The summed E-state index contributed by atoms with van der Waals surface area (Å²) in [5, 5.41) is 5.01. The highest BCUT2D eigenvalue weighted by Gasteiger charge is 2.33. The van der Waals surface area contributed by atoms with Gasteiger partial charge in [0.1, 0.15) is 17.5 Å². The van der Waals surface area contributed by atoms with Crippen LogP contribution in [0.15, 0.2) is 53.4 Å². The molecule has 2 aromatic carbocycles. The van der Waals surface area contributed by atoms with Crippen molar-refractivity contribution in [2.45, 2.75) is 10.9 Å². The van der Waals surface area contributed by atoms with Crippen molar-refractivity contribution in [2.24, 2.45) is 0 Å². The fraction of sp³-hybridized carbons (Fsp3) is 0.176. The van der Waals surface area contributed by atoms with Crippen molar-refractivity contribution in [1.29, 1.82) is 0 Å². The zero-order valence-electron chi connectivity index (χ0n) is 14.2. The highest BCUT2D eigenvalue weighted by Crippen LogP contribution is 2.25. The first kappa shape index (κ1) is 19.2. The summed E-state index contributed by atoms with van der Waals surface area (Å²) < 4.78 is 31.9.